The predicted octanol–water partition coefficient (Wildman–Crippen LogP) is 2.45. The molecule has 5 heteroatoms. The van der Waals surface area contributed by atoms with Crippen molar-refractivity contribution in [2.75, 3.05) is 7.11 Å². The van der Waals surface area contributed by atoms with E-state index >= 15 is 0 Å². The molecule has 1 fully saturated rings. The molecule has 0 saturated heterocycles. The molecule has 0 radical (unpaired) electrons. The van der Waals surface area contributed by atoms with Crippen molar-refractivity contribution in [1.29, 1.82) is 0 Å². The molecule has 0 aromatic heterocycles. The van der Waals surface area contributed by atoms with E-state index < -0.39 is 6.04 Å². The van der Waals surface area contributed by atoms with Crippen molar-refractivity contribution in [3.05, 3.63) is 0 Å². The molecular formula is C15H28N2O3. The fraction of sp³-hybridized carbons (Fsp3) is 0.867. The Morgan fingerprint density at radius 3 is 2.45 bits per heavy atom. The summed E-state index contributed by atoms with van der Waals surface area (Å²) in [6.45, 7) is 6.19. The molecule has 116 valence electrons. The van der Waals surface area contributed by atoms with Crippen molar-refractivity contribution in [2.45, 2.75) is 65.0 Å². The van der Waals surface area contributed by atoms with E-state index in [1.807, 2.05) is 13.8 Å². The number of carbonyl (C=O) groups is 2. The van der Waals surface area contributed by atoms with Crippen molar-refractivity contribution in [3.63, 3.8) is 0 Å². The zero-order valence-electron chi connectivity index (χ0n) is 13.1. The second kappa shape index (κ2) is 8.12. The van der Waals surface area contributed by atoms with E-state index in [-0.39, 0.29) is 18.0 Å². The number of hydrogen-bond donors (Lipinski definition) is 2. The Morgan fingerprint density at radius 1 is 1.25 bits per heavy atom. The number of hydrogen-bond acceptors (Lipinski definition) is 3. The molecule has 0 unspecified atom stereocenters. The van der Waals surface area contributed by atoms with Crippen molar-refractivity contribution in [1.82, 2.24) is 10.6 Å². The first kappa shape index (κ1) is 16.8. The molecule has 1 rings (SSSR count). The van der Waals surface area contributed by atoms with Crippen LogP contribution < -0.4 is 10.6 Å². The predicted molar refractivity (Wildman–Crippen MR) is 78.3 cm³/mol. The summed E-state index contributed by atoms with van der Waals surface area (Å²) in [5.74, 6) is 0.426. The lowest BCUT2D eigenvalue weighted by Gasteiger charge is -2.30. The first-order chi connectivity index (χ1) is 9.43. The molecule has 0 aromatic rings. The first-order valence-corrected chi connectivity index (χ1v) is 7.59. The lowest BCUT2D eigenvalue weighted by molar-refractivity contribution is -0.143. The zero-order chi connectivity index (χ0) is 15.1. The van der Waals surface area contributed by atoms with Crippen molar-refractivity contribution in [2.24, 2.45) is 11.8 Å². The second-order valence-electron chi connectivity index (χ2n) is 6.19. The van der Waals surface area contributed by atoms with Crippen LogP contribution in [0.5, 0.6) is 0 Å². The molecule has 0 heterocycles. The highest BCUT2D eigenvalue weighted by Crippen LogP contribution is 2.23. The maximum absolute atomic E-state index is 12.0. The number of nitrogens with one attached hydrogen (secondary N) is 2. The van der Waals surface area contributed by atoms with Gasteiger partial charge >= 0.3 is 12.0 Å². The summed E-state index contributed by atoms with van der Waals surface area (Å²) in [6.07, 6.45) is 5.14. The van der Waals surface area contributed by atoms with Gasteiger partial charge in [0.25, 0.3) is 0 Å². The fourth-order valence-corrected chi connectivity index (χ4v) is 2.73. The minimum atomic E-state index is -0.570. The van der Waals surface area contributed by atoms with Gasteiger partial charge in [-0.2, -0.15) is 0 Å². The highest BCUT2D eigenvalue weighted by atomic mass is 16.5. The number of amides is 2. The molecule has 1 aliphatic carbocycles. The van der Waals surface area contributed by atoms with E-state index in [1.165, 1.54) is 13.5 Å². The molecule has 5 nitrogen and oxygen atoms in total. The number of rotatable bonds is 5. The first-order valence-electron chi connectivity index (χ1n) is 7.59. The van der Waals surface area contributed by atoms with Gasteiger partial charge in [-0.25, -0.2) is 9.59 Å². The number of methoxy groups -OCH3 is 1. The van der Waals surface area contributed by atoms with Crippen molar-refractivity contribution in [3.8, 4) is 0 Å². The molecule has 2 amide bonds. The zero-order valence-corrected chi connectivity index (χ0v) is 13.1. The van der Waals surface area contributed by atoms with E-state index in [2.05, 4.69) is 17.6 Å². The summed E-state index contributed by atoms with van der Waals surface area (Å²) >= 11 is 0. The van der Waals surface area contributed by atoms with Crippen molar-refractivity contribution < 1.29 is 14.3 Å². The van der Waals surface area contributed by atoms with E-state index in [0.717, 1.165) is 19.3 Å². The van der Waals surface area contributed by atoms with Gasteiger partial charge in [0.2, 0.25) is 0 Å². The standard InChI is InChI=1S/C15H28N2O3/c1-10(2)9-13(14(18)20-4)17-15(19)16-12-8-6-5-7-11(12)3/h10-13H,5-9H2,1-4H3,(H2,16,17,19)/t11-,12+,13+/m0/s1. The maximum atomic E-state index is 12.0. The molecule has 20 heavy (non-hydrogen) atoms. The van der Waals surface area contributed by atoms with Gasteiger partial charge in [0, 0.05) is 6.04 Å². The van der Waals surface area contributed by atoms with Crippen LogP contribution in [0.25, 0.3) is 0 Å². The molecule has 1 saturated carbocycles. The Labute approximate surface area is 121 Å². The van der Waals surface area contributed by atoms with Gasteiger partial charge in [0.1, 0.15) is 6.04 Å². The minimum Gasteiger partial charge on any atom is -0.467 e. The van der Waals surface area contributed by atoms with E-state index in [4.69, 9.17) is 4.74 Å². The van der Waals surface area contributed by atoms with E-state index in [1.54, 1.807) is 0 Å². The molecule has 2 N–H and O–H groups in total. The largest absolute Gasteiger partial charge is 0.467 e. The number of esters is 1. The highest BCUT2D eigenvalue weighted by molar-refractivity contribution is 5.83. The summed E-state index contributed by atoms with van der Waals surface area (Å²) in [5.41, 5.74) is 0. The summed E-state index contributed by atoms with van der Waals surface area (Å²) in [5, 5.41) is 5.74. The van der Waals surface area contributed by atoms with Crippen LogP contribution in [0.1, 0.15) is 52.9 Å². The van der Waals surface area contributed by atoms with Crippen LogP contribution in [0.15, 0.2) is 0 Å². The Bertz CT molecular complexity index is 331. The average Bonchev–Trinajstić information content (AvgIpc) is 2.39. The SMILES string of the molecule is COC(=O)[C@@H](CC(C)C)NC(=O)N[C@@H]1CCCC[C@@H]1C. The summed E-state index contributed by atoms with van der Waals surface area (Å²) < 4.78 is 4.74. The van der Waals surface area contributed by atoms with Crippen LogP contribution in [0.2, 0.25) is 0 Å². The lowest BCUT2D eigenvalue weighted by atomic mass is 9.86. The Morgan fingerprint density at radius 2 is 1.90 bits per heavy atom. The summed E-state index contributed by atoms with van der Waals surface area (Å²) in [4.78, 5) is 23.7. The lowest BCUT2D eigenvalue weighted by Crippen LogP contribution is -2.51. The minimum absolute atomic E-state index is 0.209. The molecule has 0 aromatic carbocycles. The van der Waals surface area contributed by atoms with Crippen LogP contribution in [0.4, 0.5) is 4.79 Å². The van der Waals surface area contributed by atoms with Gasteiger partial charge in [-0.05, 0) is 31.1 Å². The topological polar surface area (TPSA) is 67.4 Å². The number of urea groups is 1. The Hall–Kier alpha value is -1.26. The second-order valence-corrected chi connectivity index (χ2v) is 6.19. The van der Waals surface area contributed by atoms with Gasteiger partial charge < -0.3 is 15.4 Å². The average molecular weight is 284 g/mol. The van der Waals surface area contributed by atoms with Gasteiger partial charge in [0.15, 0.2) is 0 Å². The summed E-state index contributed by atoms with van der Waals surface area (Å²) in [7, 11) is 1.35. The van der Waals surface area contributed by atoms with Crippen LogP contribution in [0.3, 0.4) is 0 Å². The molecule has 0 spiro atoms. The Balaban J connectivity index is 2.50. The van der Waals surface area contributed by atoms with E-state index in [0.29, 0.717) is 18.3 Å². The molecule has 0 aliphatic heterocycles. The fourth-order valence-electron chi connectivity index (χ4n) is 2.73. The Kier molecular flexibility index (Phi) is 6.82. The van der Waals surface area contributed by atoms with Crippen molar-refractivity contribution >= 4 is 12.0 Å². The summed E-state index contributed by atoms with van der Waals surface area (Å²) in [6, 6.07) is -0.625. The van der Waals surface area contributed by atoms with E-state index in [9.17, 15) is 9.59 Å². The normalized spacial score (nSPS) is 24.1. The quantitative estimate of drug-likeness (QED) is 0.762. The highest BCUT2D eigenvalue weighted by Gasteiger charge is 2.26. The number of ether oxygens (including phenoxy) is 1. The third-order valence-electron chi connectivity index (χ3n) is 3.93. The van der Waals surface area contributed by atoms with Gasteiger partial charge in [-0.15, -0.1) is 0 Å². The monoisotopic (exact) mass is 284 g/mol. The van der Waals surface area contributed by atoms with Gasteiger partial charge in [0.05, 0.1) is 7.11 Å². The third-order valence-corrected chi connectivity index (χ3v) is 3.93. The smallest absolute Gasteiger partial charge is 0.328 e. The molecular weight excluding hydrogens is 256 g/mol. The van der Waals surface area contributed by atoms with Crippen LogP contribution in [-0.4, -0.2) is 31.2 Å². The van der Waals surface area contributed by atoms with Gasteiger partial charge in [-0.1, -0.05) is 33.6 Å². The molecule has 0 bridgehead atoms. The molecule has 3 atom stereocenters. The van der Waals surface area contributed by atoms with Crippen LogP contribution in [-0.2, 0) is 9.53 Å². The van der Waals surface area contributed by atoms with Gasteiger partial charge in [-0.3, -0.25) is 0 Å². The maximum Gasteiger partial charge on any atom is 0.328 e. The third kappa shape index (κ3) is 5.39. The number of carbonyl (C=O) groups excluding carboxylic acids is 2. The van der Waals surface area contributed by atoms with Crippen LogP contribution in [0, 0.1) is 11.8 Å². The molecule has 1 aliphatic rings. The van der Waals surface area contributed by atoms with Crippen LogP contribution >= 0.6 is 0 Å².